The summed E-state index contributed by atoms with van der Waals surface area (Å²) in [6.45, 7) is 3.53. The van der Waals surface area contributed by atoms with Crippen molar-refractivity contribution in [3.05, 3.63) is 35.9 Å². The van der Waals surface area contributed by atoms with Gasteiger partial charge in [0.2, 0.25) is 5.88 Å². The van der Waals surface area contributed by atoms with Crippen molar-refractivity contribution in [1.29, 1.82) is 0 Å². The number of carbonyl (C=O) groups excluding carboxylic acids is 1. The van der Waals surface area contributed by atoms with E-state index in [4.69, 9.17) is 4.74 Å². The third-order valence-corrected chi connectivity index (χ3v) is 4.91. The van der Waals surface area contributed by atoms with Crippen molar-refractivity contribution in [2.45, 2.75) is 26.3 Å². The first-order valence-corrected chi connectivity index (χ1v) is 9.02. The van der Waals surface area contributed by atoms with E-state index in [1.807, 2.05) is 4.90 Å². The molecule has 0 radical (unpaired) electrons. The Labute approximate surface area is 159 Å². The average Bonchev–Trinajstić information content (AvgIpc) is 3.03. The number of imidazole rings is 1. The molecule has 1 aliphatic heterocycles. The van der Waals surface area contributed by atoms with Gasteiger partial charge < -0.3 is 18.9 Å². The molecular formula is C18H19F3N4O3. The van der Waals surface area contributed by atoms with Crippen molar-refractivity contribution in [2.75, 3.05) is 24.6 Å². The van der Waals surface area contributed by atoms with Gasteiger partial charge in [-0.2, -0.15) is 4.98 Å². The molecule has 0 spiro atoms. The van der Waals surface area contributed by atoms with Gasteiger partial charge in [-0.15, -0.1) is 13.2 Å². The molecule has 1 saturated carbocycles. The molecule has 10 heteroatoms. The topological polar surface area (TPSA) is 69.5 Å². The summed E-state index contributed by atoms with van der Waals surface area (Å²) < 4.78 is 49.1. The van der Waals surface area contributed by atoms with Crippen LogP contribution in [0.4, 0.5) is 19.0 Å². The fourth-order valence-corrected chi connectivity index (χ4v) is 3.49. The second kappa shape index (κ2) is 6.99. The van der Waals surface area contributed by atoms with E-state index < -0.39 is 18.2 Å². The van der Waals surface area contributed by atoms with Gasteiger partial charge in [-0.3, -0.25) is 0 Å². The van der Waals surface area contributed by atoms with E-state index in [0.717, 1.165) is 13.1 Å². The van der Waals surface area contributed by atoms with Gasteiger partial charge in [-0.25, -0.2) is 9.78 Å². The predicted octanol–water partition coefficient (Wildman–Crippen LogP) is 2.86. The molecule has 7 nitrogen and oxygen atoms in total. The van der Waals surface area contributed by atoms with Crippen LogP contribution in [-0.2, 0) is 11.3 Å². The molecule has 2 unspecified atom stereocenters. The number of carbonyl (C=O) groups is 1. The van der Waals surface area contributed by atoms with Gasteiger partial charge in [0.25, 0.3) is 0 Å². The number of esters is 1. The Hall–Kier alpha value is -2.78. The van der Waals surface area contributed by atoms with E-state index >= 15 is 0 Å². The Morgan fingerprint density at radius 3 is 2.71 bits per heavy atom. The summed E-state index contributed by atoms with van der Waals surface area (Å²) in [5, 5.41) is 0. The lowest BCUT2D eigenvalue weighted by molar-refractivity contribution is -0.276. The number of hydrogen-bond acceptors (Lipinski definition) is 6. The molecular weight excluding hydrogens is 377 g/mol. The molecule has 0 bridgehead atoms. The van der Waals surface area contributed by atoms with Crippen LogP contribution in [0.3, 0.4) is 0 Å². The first kappa shape index (κ1) is 18.6. The van der Waals surface area contributed by atoms with E-state index in [1.165, 1.54) is 23.5 Å². The molecule has 1 saturated heterocycles. The number of nitrogens with zero attached hydrogens (tertiary/aromatic N) is 4. The number of anilines is 1. The van der Waals surface area contributed by atoms with E-state index in [0.29, 0.717) is 17.7 Å². The van der Waals surface area contributed by atoms with Crippen molar-refractivity contribution >= 4 is 11.8 Å². The zero-order chi connectivity index (χ0) is 19.9. The van der Waals surface area contributed by atoms with Crippen LogP contribution < -0.4 is 9.64 Å². The third kappa shape index (κ3) is 4.05. The number of halogens is 3. The monoisotopic (exact) mass is 396 g/mol. The van der Waals surface area contributed by atoms with Crippen LogP contribution in [0.15, 0.2) is 24.7 Å². The maximum atomic E-state index is 12.9. The molecule has 3 heterocycles. The van der Waals surface area contributed by atoms with Gasteiger partial charge in [0.15, 0.2) is 5.69 Å². The molecule has 2 aromatic rings. The van der Waals surface area contributed by atoms with Crippen molar-refractivity contribution in [3.63, 3.8) is 0 Å². The van der Waals surface area contributed by atoms with Gasteiger partial charge in [0, 0.05) is 24.8 Å². The van der Waals surface area contributed by atoms with E-state index in [2.05, 4.69) is 14.7 Å². The fourth-order valence-electron chi connectivity index (χ4n) is 3.49. The fraction of sp³-hybridized carbons (Fsp3) is 0.500. The quantitative estimate of drug-likeness (QED) is 0.700. The maximum Gasteiger partial charge on any atom is 0.574 e. The van der Waals surface area contributed by atoms with Crippen LogP contribution in [0, 0.1) is 11.8 Å². The van der Waals surface area contributed by atoms with Crippen LogP contribution >= 0.6 is 0 Å². The van der Waals surface area contributed by atoms with E-state index in [9.17, 15) is 18.0 Å². The number of pyridine rings is 1. The van der Waals surface area contributed by atoms with Crippen LogP contribution in [0.2, 0.25) is 0 Å². The van der Waals surface area contributed by atoms with Crippen molar-refractivity contribution < 1.29 is 27.4 Å². The Kier molecular flexibility index (Phi) is 4.64. The number of fused-ring (bicyclic) bond motifs is 1. The van der Waals surface area contributed by atoms with Gasteiger partial charge in [0.05, 0.1) is 19.5 Å². The van der Waals surface area contributed by atoms with Crippen molar-refractivity contribution in [1.82, 2.24) is 14.5 Å². The van der Waals surface area contributed by atoms with Gasteiger partial charge >= 0.3 is 12.3 Å². The number of hydrogen-bond donors (Lipinski definition) is 0. The Bertz CT molecular complexity index is 873. The molecule has 0 N–H and O–H groups in total. The summed E-state index contributed by atoms with van der Waals surface area (Å²) in [6.07, 6.45) is -0.898. The molecule has 0 aromatic carbocycles. The van der Waals surface area contributed by atoms with Crippen LogP contribution in [-0.4, -0.2) is 46.6 Å². The lowest BCUT2D eigenvalue weighted by atomic mass is 10.2. The van der Waals surface area contributed by atoms with Gasteiger partial charge in [0.1, 0.15) is 5.82 Å². The minimum absolute atomic E-state index is 0.0242. The highest BCUT2D eigenvalue weighted by atomic mass is 19.4. The Morgan fingerprint density at radius 2 is 2.04 bits per heavy atom. The number of rotatable bonds is 6. The highest BCUT2D eigenvalue weighted by Crippen LogP contribution is 2.46. The molecule has 2 aliphatic rings. The molecule has 4 rings (SSSR count). The smallest absolute Gasteiger partial charge is 0.461 e. The third-order valence-electron chi connectivity index (χ3n) is 4.91. The minimum atomic E-state index is -4.85. The molecule has 28 heavy (non-hydrogen) atoms. The van der Waals surface area contributed by atoms with Crippen LogP contribution in [0.1, 0.15) is 29.4 Å². The van der Waals surface area contributed by atoms with E-state index in [-0.39, 0.29) is 24.4 Å². The Morgan fingerprint density at radius 1 is 1.29 bits per heavy atom. The second-order valence-electron chi connectivity index (χ2n) is 6.99. The Balaban J connectivity index is 1.55. The first-order chi connectivity index (χ1) is 13.3. The number of aromatic nitrogens is 3. The summed E-state index contributed by atoms with van der Waals surface area (Å²) in [4.78, 5) is 21.7. The summed E-state index contributed by atoms with van der Waals surface area (Å²) in [7, 11) is 0. The number of alkyl halides is 3. The molecule has 2 fully saturated rings. The van der Waals surface area contributed by atoms with Gasteiger partial charge in [-0.05, 0) is 37.3 Å². The SMILES string of the molecule is CCOC(=O)c1cn(Cc2ccc(N3CC4CC4C3)nc2OC(F)(F)F)cn1. The standard InChI is InChI=1S/C18H19F3N4O3/c1-2-27-17(26)14-9-24(10-22-14)6-11-3-4-15(23-16(11)28-18(19,20)21)25-7-12-5-13(12)8-25/h3-4,9-10,12-13H,2,5-8H2,1H3. The maximum absolute atomic E-state index is 12.9. The largest absolute Gasteiger partial charge is 0.574 e. The zero-order valence-electron chi connectivity index (χ0n) is 15.1. The second-order valence-corrected chi connectivity index (χ2v) is 6.99. The predicted molar refractivity (Wildman–Crippen MR) is 92.0 cm³/mol. The molecule has 2 aromatic heterocycles. The molecule has 0 amide bonds. The molecule has 2 atom stereocenters. The van der Waals surface area contributed by atoms with E-state index in [1.54, 1.807) is 19.1 Å². The average molecular weight is 396 g/mol. The normalized spacial score (nSPS) is 20.8. The summed E-state index contributed by atoms with van der Waals surface area (Å²) in [5.74, 6) is 0.653. The van der Waals surface area contributed by atoms with Crippen LogP contribution in [0.5, 0.6) is 5.88 Å². The van der Waals surface area contributed by atoms with Crippen molar-refractivity contribution in [2.24, 2.45) is 11.8 Å². The van der Waals surface area contributed by atoms with Crippen LogP contribution in [0.25, 0.3) is 0 Å². The highest BCUT2D eigenvalue weighted by Gasteiger charge is 2.45. The number of piperidine rings is 1. The number of ether oxygens (including phenoxy) is 2. The lowest BCUT2D eigenvalue weighted by Gasteiger charge is -2.21. The minimum Gasteiger partial charge on any atom is -0.461 e. The summed E-state index contributed by atoms with van der Waals surface area (Å²) in [6, 6.07) is 3.27. The van der Waals surface area contributed by atoms with Gasteiger partial charge in [-0.1, -0.05) is 0 Å². The summed E-state index contributed by atoms with van der Waals surface area (Å²) >= 11 is 0. The molecule has 150 valence electrons. The first-order valence-electron chi connectivity index (χ1n) is 9.02. The summed E-state index contributed by atoms with van der Waals surface area (Å²) in [5.41, 5.74) is 0.319. The zero-order valence-corrected chi connectivity index (χ0v) is 15.1. The lowest BCUT2D eigenvalue weighted by Crippen LogP contribution is -2.24. The molecule has 1 aliphatic carbocycles. The highest BCUT2D eigenvalue weighted by molar-refractivity contribution is 5.86. The van der Waals surface area contributed by atoms with Crippen molar-refractivity contribution in [3.8, 4) is 5.88 Å².